The SMILES string of the molecule is CC(C)(C)OC(=O)N(C(=O)OCc1ccccc1)[C@@H](CCCCN)C(=O)O. The summed E-state index contributed by atoms with van der Waals surface area (Å²) in [7, 11) is 0. The van der Waals surface area contributed by atoms with Crippen molar-refractivity contribution in [1.29, 1.82) is 0 Å². The van der Waals surface area contributed by atoms with Gasteiger partial charge in [0.05, 0.1) is 0 Å². The molecule has 1 rings (SSSR count). The molecule has 0 spiro atoms. The molecule has 1 aromatic rings. The maximum absolute atomic E-state index is 12.5. The molecule has 0 aliphatic heterocycles. The van der Waals surface area contributed by atoms with Crippen LogP contribution >= 0.6 is 0 Å². The highest BCUT2D eigenvalue weighted by Gasteiger charge is 2.38. The van der Waals surface area contributed by atoms with Crippen molar-refractivity contribution in [3.63, 3.8) is 0 Å². The Morgan fingerprint density at radius 1 is 1.11 bits per heavy atom. The number of carboxylic acid groups (broad SMARTS) is 1. The molecular weight excluding hydrogens is 352 g/mol. The van der Waals surface area contributed by atoms with E-state index in [2.05, 4.69) is 0 Å². The molecule has 0 radical (unpaired) electrons. The van der Waals surface area contributed by atoms with Gasteiger partial charge >= 0.3 is 18.2 Å². The normalized spacial score (nSPS) is 12.1. The van der Waals surface area contributed by atoms with Gasteiger partial charge in [-0.2, -0.15) is 4.90 Å². The molecule has 0 aliphatic rings. The van der Waals surface area contributed by atoms with Crippen molar-refractivity contribution in [2.45, 2.75) is 58.3 Å². The first kappa shape index (κ1) is 22.4. The fourth-order valence-corrected chi connectivity index (χ4v) is 2.27. The van der Waals surface area contributed by atoms with E-state index in [-0.39, 0.29) is 13.0 Å². The molecule has 0 bridgehead atoms. The average molecular weight is 380 g/mol. The number of carbonyl (C=O) groups is 3. The number of nitrogens with two attached hydrogens (primary N) is 1. The summed E-state index contributed by atoms with van der Waals surface area (Å²) >= 11 is 0. The van der Waals surface area contributed by atoms with Crippen molar-refractivity contribution in [3.8, 4) is 0 Å². The van der Waals surface area contributed by atoms with Crippen LogP contribution in [-0.4, -0.2) is 46.3 Å². The summed E-state index contributed by atoms with van der Waals surface area (Å²) in [6.45, 7) is 5.18. The molecule has 0 unspecified atom stereocenters. The van der Waals surface area contributed by atoms with Crippen molar-refractivity contribution < 1.29 is 29.0 Å². The van der Waals surface area contributed by atoms with E-state index in [1.165, 1.54) is 0 Å². The van der Waals surface area contributed by atoms with Crippen LogP contribution < -0.4 is 5.73 Å². The Labute approximate surface area is 159 Å². The minimum absolute atomic E-state index is 0.0617. The fraction of sp³-hybridized carbons (Fsp3) is 0.526. The smallest absolute Gasteiger partial charge is 0.420 e. The first-order valence-electron chi connectivity index (χ1n) is 8.81. The van der Waals surface area contributed by atoms with E-state index in [0.717, 1.165) is 0 Å². The molecule has 8 heteroatoms. The highest BCUT2D eigenvalue weighted by molar-refractivity contribution is 5.93. The second-order valence-electron chi connectivity index (χ2n) is 7.03. The molecule has 2 amide bonds. The van der Waals surface area contributed by atoms with Gasteiger partial charge in [0, 0.05) is 0 Å². The van der Waals surface area contributed by atoms with Gasteiger partial charge in [-0.15, -0.1) is 0 Å². The maximum atomic E-state index is 12.5. The van der Waals surface area contributed by atoms with Gasteiger partial charge in [-0.3, -0.25) is 0 Å². The molecule has 0 heterocycles. The summed E-state index contributed by atoms with van der Waals surface area (Å²) in [6, 6.07) is 7.48. The van der Waals surface area contributed by atoms with Gasteiger partial charge < -0.3 is 20.3 Å². The summed E-state index contributed by atoms with van der Waals surface area (Å²) in [6.07, 6.45) is -1.04. The van der Waals surface area contributed by atoms with Gasteiger partial charge in [0.1, 0.15) is 18.2 Å². The molecule has 3 N–H and O–H groups in total. The van der Waals surface area contributed by atoms with Crippen LogP contribution in [0.5, 0.6) is 0 Å². The zero-order valence-electron chi connectivity index (χ0n) is 16.0. The molecule has 0 aromatic heterocycles. The number of unbranched alkanes of at least 4 members (excludes halogenated alkanes) is 1. The average Bonchev–Trinajstić information content (AvgIpc) is 2.58. The van der Waals surface area contributed by atoms with E-state index in [1.54, 1.807) is 45.0 Å². The van der Waals surface area contributed by atoms with Gasteiger partial charge in [0.2, 0.25) is 0 Å². The van der Waals surface area contributed by atoms with Crippen LogP contribution in [0.25, 0.3) is 0 Å². The number of hydrogen-bond acceptors (Lipinski definition) is 6. The van der Waals surface area contributed by atoms with Crippen molar-refractivity contribution in [1.82, 2.24) is 4.90 Å². The minimum atomic E-state index is -1.39. The van der Waals surface area contributed by atoms with Gasteiger partial charge in [0.15, 0.2) is 0 Å². The third-order valence-electron chi connectivity index (χ3n) is 3.52. The summed E-state index contributed by atoms with van der Waals surface area (Å²) in [5, 5.41) is 9.54. The summed E-state index contributed by atoms with van der Waals surface area (Å²) in [5.41, 5.74) is 5.26. The molecule has 1 aromatic carbocycles. The fourth-order valence-electron chi connectivity index (χ4n) is 2.27. The van der Waals surface area contributed by atoms with Crippen molar-refractivity contribution >= 4 is 18.2 Å². The Balaban J connectivity index is 2.97. The molecule has 8 nitrogen and oxygen atoms in total. The quantitative estimate of drug-likeness (QED) is 0.665. The Morgan fingerprint density at radius 2 is 1.74 bits per heavy atom. The van der Waals surface area contributed by atoms with Crippen LogP contribution in [0.15, 0.2) is 30.3 Å². The van der Waals surface area contributed by atoms with E-state index in [9.17, 15) is 19.5 Å². The largest absolute Gasteiger partial charge is 0.480 e. The van der Waals surface area contributed by atoms with Crippen LogP contribution in [0.1, 0.15) is 45.6 Å². The number of carboxylic acids is 1. The van der Waals surface area contributed by atoms with E-state index in [0.29, 0.717) is 29.8 Å². The van der Waals surface area contributed by atoms with Crippen molar-refractivity contribution in [3.05, 3.63) is 35.9 Å². The molecule has 0 saturated heterocycles. The van der Waals surface area contributed by atoms with Crippen LogP contribution in [-0.2, 0) is 20.9 Å². The number of amides is 2. The lowest BCUT2D eigenvalue weighted by atomic mass is 10.1. The lowest BCUT2D eigenvalue weighted by Crippen LogP contribution is -2.50. The van der Waals surface area contributed by atoms with Gasteiger partial charge in [-0.05, 0) is 52.1 Å². The highest BCUT2D eigenvalue weighted by atomic mass is 16.6. The minimum Gasteiger partial charge on any atom is -0.480 e. The second-order valence-corrected chi connectivity index (χ2v) is 7.03. The molecule has 0 aliphatic carbocycles. The third-order valence-corrected chi connectivity index (χ3v) is 3.52. The highest BCUT2D eigenvalue weighted by Crippen LogP contribution is 2.17. The Bertz CT molecular complexity index is 627. The van der Waals surface area contributed by atoms with Crippen LogP contribution in [0.2, 0.25) is 0 Å². The number of aliphatic carboxylic acids is 1. The predicted octanol–water partition coefficient (Wildman–Crippen LogP) is 3.14. The van der Waals surface area contributed by atoms with E-state index >= 15 is 0 Å². The molecular formula is C19H28N2O6. The van der Waals surface area contributed by atoms with Crippen LogP contribution in [0, 0.1) is 0 Å². The number of nitrogens with zero attached hydrogens (tertiary/aromatic N) is 1. The van der Waals surface area contributed by atoms with E-state index in [1.807, 2.05) is 6.07 Å². The number of rotatable bonds is 8. The van der Waals surface area contributed by atoms with Crippen LogP contribution in [0.4, 0.5) is 9.59 Å². The Morgan fingerprint density at radius 3 is 2.26 bits per heavy atom. The maximum Gasteiger partial charge on any atom is 0.420 e. The number of benzene rings is 1. The zero-order valence-corrected chi connectivity index (χ0v) is 16.0. The Kier molecular flexibility index (Phi) is 8.74. The number of hydrogen-bond donors (Lipinski definition) is 2. The molecule has 0 saturated carbocycles. The summed E-state index contributed by atoms with van der Waals surface area (Å²) < 4.78 is 10.4. The topological polar surface area (TPSA) is 119 Å². The van der Waals surface area contributed by atoms with Gasteiger partial charge in [0.25, 0.3) is 0 Å². The molecule has 1 atom stereocenters. The monoisotopic (exact) mass is 380 g/mol. The third kappa shape index (κ3) is 8.08. The zero-order chi connectivity index (χ0) is 20.4. The first-order chi connectivity index (χ1) is 12.7. The molecule has 150 valence electrons. The molecule has 27 heavy (non-hydrogen) atoms. The second kappa shape index (κ2) is 10.5. The van der Waals surface area contributed by atoms with Crippen molar-refractivity contribution in [2.24, 2.45) is 5.73 Å². The molecule has 0 fully saturated rings. The lowest BCUT2D eigenvalue weighted by molar-refractivity contribution is -0.143. The van der Waals surface area contributed by atoms with Crippen LogP contribution in [0.3, 0.4) is 0 Å². The summed E-state index contributed by atoms with van der Waals surface area (Å²) in [4.78, 5) is 37.3. The first-order valence-corrected chi connectivity index (χ1v) is 8.81. The number of imide groups is 1. The Hall–Kier alpha value is -2.61. The van der Waals surface area contributed by atoms with Gasteiger partial charge in [-0.1, -0.05) is 30.3 Å². The lowest BCUT2D eigenvalue weighted by Gasteiger charge is -2.29. The standard InChI is InChI=1S/C19H28N2O6/c1-19(2,3)27-18(25)21(15(16(22)23)11-7-8-12-20)17(24)26-13-14-9-5-4-6-10-14/h4-6,9-10,15H,7-8,11-13,20H2,1-3H3,(H,22,23)/t15-/m0/s1. The van der Waals surface area contributed by atoms with E-state index < -0.39 is 29.8 Å². The number of carbonyl (C=O) groups excluding carboxylic acids is 2. The number of ether oxygens (including phenoxy) is 2. The van der Waals surface area contributed by atoms with Crippen molar-refractivity contribution in [2.75, 3.05) is 6.54 Å². The van der Waals surface area contributed by atoms with E-state index in [4.69, 9.17) is 15.2 Å². The predicted molar refractivity (Wildman–Crippen MR) is 99.0 cm³/mol. The summed E-state index contributed by atoms with van der Waals surface area (Å²) in [5.74, 6) is -1.31. The van der Waals surface area contributed by atoms with Gasteiger partial charge in [-0.25, -0.2) is 14.4 Å².